The van der Waals surface area contributed by atoms with Crippen molar-refractivity contribution in [1.82, 2.24) is 14.5 Å². The van der Waals surface area contributed by atoms with E-state index in [0.717, 1.165) is 6.42 Å². The molecule has 1 saturated heterocycles. The Kier molecular flexibility index (Phi) is 6.58. The summed E-state index contributed by atoms with van der Waals surface area (Å²) in [4.78, 5) is 15.5. The molecule has 1 aromatic rings. The van der Waals surface area contributed by atoms with Gasteiger partial charge in [-0.3, -0.25) is 9.69 Å². The molecule has 130 valence electrons. The SMILES string of the molecule is CCS(=O)(=O)N1CCN(C(C)C(=O)NCCc2cccs2)CC1. The summed E-state index contributed by atoms with van der Waals surface area (Å²) in [6.45, 7) is 6.28. The van der Waals surface area contributed by atoms with Gasteiger partial charge < -0.3 is 5.32 Å². The summed E-state index contributed by atoms with van der Waals surface area (Å²) in [6, 6.07) is 3.84. The van der Waals surface area contributed by atoms with Crippen molar-refractivity contribution in [3.8, 4) is 0 Å². The molecule has 0 radical (unpaired) electrons. The zero-order valence-corrected chi connectivity index (χ0v) is 15.3. The first-order valence-electron chi connectivity index (χ1n) is 7.96. The maximum absolute atomic E-state index is 12.2. The van der Waals surface area contributed by atoms with Crippen molar-refractivity contribution in [2.24, 2.45) is 0 Å². The molecule has 1 unspecified atom stereocenters. The van der Waals surface area contributed by atoms with Gasteiger partial charge in [-0.15, -0.1) is 11.3 Å². The summed E-state index contributed by atoms with van der Waals surface area (Å²) in [5, 5.41) is 5.00. The molecule has 1 amide bonds. The Balaban J connectivity index is 1.75. The lowest BCUT2D eigenvalue weighted by molar-refractivity contribution is -0.126. The zero-order valence-electron chi connectivity index (χ0n) is 13.7. The highest BCUT2D eigenvalue weighted by molar-refractivity contribution is 7.89. The second-order valence-electron chi connectivity index (χ2n) is 5.63. The van der Waals surface area contributed by atoms with Crippen molar-refractivity contribution in [1.29, 1.82) is 0 Å². The number of rotatable bonds is 7. The Morgan fingerprint density at radius 2 is 2.04 bits per heavy atom. The zero-order chi connectivity index (χ0) is 16.9. The van der Waals surface area contributed by atoms with Crippen LogP contribution in [0.15, 0.2) is 17.5 Å². The van der Waals surface area contributed by atoms with Crippen molar-refractivity contribution < 1.29 is 13.2 Å². The first-order chi connectivity index (χ1) is 10.9. The largest absolute Gasteiger partial charge is 0.354 e. The van der Waals surface area contributed by atoms with Crippen LogP contribution in [0.2, 0.25) is 0 Å². The molecule has 0 aliphatic carbocycles. The van der Waals surface area contributed by atoms with Gasteiger partial charge in [-0.25, -0.2) is 8.42 Å². The maximum Gasteiger partial charge on any atom is 0.237 e. The first kappa shape index (κ1) is 18.4. The van der Waals surface area contributed by atoms with Gasteiger partial charge in [-0.2, -0.15) is 4.31 Å². The number of hydrogen-bond acceptors (Lipinski definition) is 5. The minimum atomic E-state index is -3.12. The summed E-state index contributed by atoms with van der Waals surface area (Å²) in [6.07, 6.45) is 0.846. The lowest BCUT2D eigenvalue weighted by Crippen LogP contribution is -2.55. The van der Waals surface area contributed by atoms with E-state index in [1.807, 2.05) is 23.3 Å². The van der Waals surface area contributed by atoms with Gasteiger partial charge >= 0.3 is 0 Å². The molecule has 0 aromatic carbocycles. The van der Waals surface area contributed by atoms with Crippen LogP contribution in [0.25, 0.3) is 0 Å². The highest BCUT2D eigenvalue weighted by atomic mass is 32.2. The highest BCUT2D eigenvalue weighted by Crippen LogP contribution is 2.11. The fourth-order valence-electron chi connectivity index (χ4n) is 2.63. The second-order valence-corrected chi connectivity index (χ2v) is 8.92. The molecule has 1 aromatic heterocycles. The molecule has 0 spiro atoms. The number of sulfonamides is 1. The summed E-state index contributed by atoms with van der Waals surface area (Å²) >= 11 is 1.69. The smallest absolute Gasteiger partial charge is 0.237 e. The highest BCUT2D eigenvalue weighted by Gasteiger charge is 2.29. The lowest BCUT2D eigenvalue weighted by Gasteiger charge is -2.36. The van der Waals surface area contributed by atoms with E-state index in [9.17, 15) is 13.2 Å². The number of carbonyl (C=O) groups is 1. The third kappa shape index (κ3) is 5.00. The van der Waals surface area contributed by atoms with Gasteiger partial charge in [0.2, 0.25) is 15.9 Å². The van der Waals surface area contributed by atoms with Crippen LogP contribution in [0.3, 0.4) is 0 Å². The number of nitrogens with zero attached hydrogens (tertiary/aromatic N) is 2. The molecular weight excluding hydrogens is 334 g/mol. The predicted octanol–water partition coefficient (Wildman–Crippen LogP) is 0.763. The van der Waals surface area contributed by atoms with Crippen LogP contribution in [0.4, 0.5) is 0 Å². The molecular formula is C15H25N3O3S2. The Morgan fingerprint density at radius 3 is 2.61 bits per heavy atom. The Hall–Kier alpha value is -0.960. The topological polar surface area (TPSA) is 69.7 Å². The van der Waals surface area contributed by atoms with Crippen molar-refractivity contribution in [3.05, 3.63) is 22.4 Å². The van der Waals surface area contributed by atoms with Crippen molar-refractivity contribution >= 4 is 27.3 Å². The number of nitrogens with one attached hydrogen (secondary N) is 1. The summed E-state index contributed by atoms with van der Waals surface area (Å²) in [7, 11) is -3.12. The number of piperazine rings is 1. The van der Waals surface area contributed by atoms with Gasteiger partial charge in [0, 0.05) is 37.6 Å². The molecule has 6 nitrogen and oxygen atoms in total. The Bertz CT molecular complexity index is 593. The molecule has 1 aliphatic heterocycles. The van der Waals surface area contributed by atoms with Crippen molar-refractivity contribution in [3.63, 3.8) is 0 Å². The minimum Gasteiger partial charge on any atom is -0.354 e. The molecule has 23 heavy (non-hydrogen) atoms. The van der Waals surface area contributed by atoms with Crippen LogP contribution < -0.4 is 5.32 Å². The quantitative estimate of drug-likeness (QED) is 0.780. The first-order valence-corrected chi connectivity index (χ1v) is 10.4. The van der Waals surface area contributed by atoms with E-state index in [1.54, 1.807) is 18.3 Å². The van der Waals surface area contributed by atoms with Crippen molar-refractivity contribution in [2.75, 3.05) is 38.5 Å². The van der Waals surface area contributed by atoms with Crippen LogP contribution in [0, 0.1) is 0 Å². The molecule has 2 rings (SSSR count). The van der Waals surface area contributed by atoms with E-state index in [4.69, 9.17) is 0 Å². The molecule has 1 atom stereocenters. The monoisotopic (exact) mass is 359 g/mol. The van der Waals surface area contributed by atoms with Gasteiger partial charge in [-0.05, 0) is 31.7 Å². The number of thiophene rings is 1. The molecule has 2 heterocycles. The summed E-state index contributed by atoms with van der Waals surface area (Å²) in [5.74, 6) is 0.138. The number of hydrogen-bond donors (Lipinski definition) is 1. The van der Waals surface area contributed by atoms with E-state index in [2.05, 4.69) is 11.4 Å². The van der Waals surface area contributed by atoms with Gasteiger partial charge in [0.15, 0.2) is 0 Å². The molecule has 1 aliphatic rings. The Labute approximate surface area is 142 Å². The summed E-state index contributed by atoms with van der Waals surface area (Å²) in [5.41, 5.74) is 0. The summed E-state index contributed by atoms with van der Waals surface area (Å²) < 4.78 is 25.2. The van der Waals surface area contributed by atoms with Gasteiger partial charge in [0.1, 0.15) is 0 Å². The molecule has 8 heteroatoms. The third-order valence-electron chi connectivity index (χ3n) is 4.21. The van der Waals surface area contributed by atoms with Gasteiger partial charge in [0.25, 0.3) is 0 Å². The molecule has 1 N–H and O–H groups in total. The van der Waals surface area contributed by atoms with Crippen LogP contribution in [0.5, 0.6) is 0 Å². The van der Waals surface area contributed by atoms with E-state index >= 15 is 0 Å². The maximum atomic E-state index is 12.2. The van der Waals surface area contributed by atoms with E-state index < -0.39 is 10.0 Å². The number of amides is 1. The van der Waals surface area contributed by atoms with E-state index in [-0.39, 0.29) is 17.7 Å². The second kappa shape index (κ2) is 8.23. The van der Waals surface area contributed by atoms with Crippen molar-refractivity contribution in [2.45, 2.75) is 26.3 Å². The standard InChI is InChI=1S/C15H25N3O3S2/c1-3-23(20,21)18-10-8-17(9-11-18)13(2)15(19)16-7-6-14-5-4-12-22-14/h4-5,12-13H,3,6-11H2,1-2H3,(H,16,19). The van der Waals surface area contributed by atoms with E-state index in [0.29, 0.717) is 32.7 Å². The fraction of sp³-hybridized carbons (Fsp3) is 0.667. The average Bonchev–Trinajstić information content (AvgIpc) is 3.07. The van der Waals surface area contributed by atoms with Crippen LogP contribution >= 0.6 is 11.3 Å². The lowest BCUT2D eigenvalue weighted by atomic mass is 10.2. The van der Waals surface area contributed by atoms with Crippen LogP contribution in [0.1, 0.15) is 18.7 Å². The fourth-order valence-corrected chi connectivity index (χ4v) is 4.42. The molecule has 0 bridgehead atoms. The molecule has 0 saturated carbocycles. The third-order valence-corrected chi connectivity index (χ3v) is 7.03. The normalized spacial score (nSPS) is 18.7. The average molecular weight is 360 g/mol. The Morgan fingerprint density at radius 1 is 1.35 bits per heavy atom. The van der Waals surface area contributed by atoms with E-state index in [1.165, 1.54) is 9.18 Å². The van der Waals surface area contributed by atoms with Crippen LogP contribution in [-0.2, 0) is 21.2 Å². The predicted molar refractivity (Wildman–Crippen MR) is 93.1 cm³/mol. The van der Waals surface area contributed by atoms with Gasteiger partial charge in [-0.1, -0.05) is 6.07 Å². The molecule has 1 fully saturated rings. The van der Waals surface area contributed by atoms with Gasteiger partial charge in [0.05, 0.1) is 11.8 Å². The minimum absolute atomic E-state index is 0.00774. The number of carbonyl (C=O) groups excluding carboxylic acids is 1. The van der Waals surface area contributed by atoms with Crippen LogP contribution in [-0.4, -0.2) is 68.0 Å².